The Bertz CT molecular complexity index is 171. The van der Waals surface area contributed by atoms with Crippen molar-refractivity contribution in [3.63, 3.8) is 0 Å². The first kappa shape index (κ1) is 16.6. The van der Waals surface area contributed by atoms with E-state index in [1.54, 1.807) is 13.2 Å². The first-order valence-electron chi connectivity index (χ1n) is 5.34. The molecule has 0 saturated heterocycles. The minimum Gasteiger partial charge on any atom is -0.382 e. The molecule has 0 aliphatic carbocycles. The van der Waals surface area contributed by atoms with Crippen LogP contribution < -0.4 is 0 Å². The van der Waals surface area contributed by atoms with Crippen LogP contribution in [-0.4, -0.2) is 26.9 Å². The summed E-state index contributed by atoms with van der Waals surface area (Å²) in [5.41, 5.74) is 1.05. The molecule has 0 aliphatic rings. The average Bonchev–Trinajstić information content (AvgIpc) is 2.29. The molecular formula is C13H24O2. The minimum absolute atomic E-state index is 0.648. The summed E-state index contributed by atoms with van der Waals surface area (Å²) in [6.07, 6.45) is 6.40. The predicted octanol–water partition coefficient (Wildman–Crippen LogP) is 3.36. The number of hydrogen-bond donors (Lipinski definition) is 0. The summed E-state index contributed by atoms with van der Waals surface area (Å²) < 4.78 is 10.1. The van der Waals surface area contributed by atoms with Gasteiger partial charge >= 0.3 is 0 Å². The molecule has 0 aliphatic heterocycles. The summed E-state index contributed by atoms with van der Waals surface area (Å²) in [5, 5.41) is 0. The van der Waals surface area contributed by atoms with Crippen molar-refractivity contribution in [2.24, 2.45) is 0 Å². The topological polar surface area (TPSA) is 18.5 Å². The molecule has 88 valence electrons. The van der Waals surface area contributed by atoms with Crippen LogP contribution >= 0.6 is 0 Å². The smallest absolute Gasteiger partial charge is 0.0700 e. The molecule has 0 atom stereocenters. The van der Waals surface area contributed by atoms with Gasteiger partial charge in [0.2, 0.25) is 0 Å². The molecule has 0 aromatic carbocycles. The second kappa shape index (κ2) is 15.6. The average molecular weight is 212 g/mol. The van der Waals surface area contributed by atoms with Crippen molar-refractivity contribution in [2.75, 3.05) is 26.9 Å². The maximum atomic E-state index is 5.28. The molecule has 0 aromatic rings. The third-order valence-corrected chi connectivity index (χ3v) is 1.47. The van der Waals surface area contributed by atoms with Crippen molar-refractivity contribution in [2.45, 2.75) is 20.3 Å². The van der Waals surface area contributed by atoms with Crippen LogP contribution in [-0.2, 0) is 9.47 Å². The predicted molar refractivity (Wildman–Crippen MR) is 67.1 cm³/mol. The van der Waals surface area contributed by atoms with Crippen molar-refractivity contribution in [3.05, 3.63) is 37.0 Å². The van der Waals surface area contributed by atoms with E-state index in [0.717, 1.165) is 12.0 Å². The number of methoxy groups -OCH3 is 1. The molecule has 0 bridgehead atoms. The Morgan fingerprint density at radius 3 is 2.40 bits per heavy atom. The molecule has 15 heavy (non-hydrogen) atoms. The first-order valence-corrected chi connectivity index (χ1v) is 5.34. The fourth-order valence-electron chi connectivity index (χ4n) is 0.735. The van der Waals surface area contributed by atoms with Crippen LogP contribution in [0.1, 0.15) is 20.3 Å². The fraction of sp³-hybridized carbons (Fsp3) is 0.538. The van der Waals surface area contributed by atoms with Gasteiger partial charge in [-0.15, -0.1) is 0 Å². The molecule has 0 radical (unpaired) electrons. The van der Waals surface area contributed by atoms with E-state index >= 15 is 0 Å². The highest BCUT2D eigenvalue weighted by atomic mass is 16.5. The Morgan fingerprint density at radius 1 is 1.20 bits per heavy atom. The largest absolute Gasteiger partial charge is 0.382 e. The zero-order valence-electron chi connectivity index (χ0n) is 10.3. The van der Waals surface area contributed by atoms with Crippen LogP contribution in [0.25, 0.3) is 0 Å². The van der Waals surface area contributed by atoms with Crippen LogP contribution in [0.4, 0.5) is 0 Å². The van der Waals surface area contributed by atoms with Crippen LogP contribution in [0.5, 0.6) is 0 Å². The standard InChI is InChI=1S/C11H18O2.C2H6/c1-4-5-6-11(2)7-8-13-10-9-12-3;1-2/h4-6H,1-2,7-10H2,3H3;1-2H3/b6-5-;. The van der Waals surface area contributed by atoms with Gasteiger partial charge in [0, 0.05) is 7.11 Å². The van der Waals surface area contributed by atoms with E-state index in [9.17, 15) is 0 Å². The van der Waals surface area contributed by atoms with E-state index < -0.39 is 0 Å². The SMILES string of the molecule is C=C/C=C\C(=C)CCOCCOC.CC. The van der Waals surface area contributed by atoms with Gasteiger partial charge in [0.15, 0.2) is 0 Å². The molecule has 2 nitrogen and oxygen atoms in total. The molecule has 0 amide bonds. The Morgan fingerprint density at radius 2 is 1.87 bits per heavy atom. The molecule has 0 spiro atoms. The van der Waals surface area contributed by atoms with E-state index in [0.29, 0.717) is 19.8 Å². The summed E-state index contributed by atoms with van der Waals surface area (Å²) in [7, 11) is 1.66. The van der Waals surface area contributed by atoms with E-state index in [1.165, 1.54) is 0 Å². The molecule has 0 unspecified atom stereocenters. The van der Waals surface area contributed by atoms with Crippen molar-refractivity contribution in [3.8, 4) is 0 Å². The van der Waals surface area contributed by atoms with Gasteiger partial charge in [-0.05, 0) is 6.42 Å². The second-order valence-electron chi connectivity index (χ2n) is 2.61. The van der Waals surface area contributed by atoms with Gasteiger partial charge in [0.25, 0.3) is 0 Å². The van der Waals surface area contributed by atoms with Gasteiger partial charge in [0.05, 0.1) is 19.8 Å². The van der Waals surface area contributed by atoms with Crippen molar-refractivity contribution in [1.82, 2.24) is 0 Å². The normalized spacial score (nSPS) is 9.53. The third kappa shape index (κ3) is 15.9. The molecule has 0 heterocycles. The van der Waals surface area contributed by atoms with E-state index in [-0.39, 0.29) is 0 Å². The molecule has 0 saturated carbocycles. The number of hydrogen-bond acceptors (Lipinski definition) is 2. The van der Waals surface area contributed by atoms with Gasteiger partial charge in [-0.25, -0.2) is 0 Å². The summed E-state index contributed by atoms with van der Waals surface area (Å²) in [4.78, 5) is 0. The number of allylic oxidation sites excluding steroid dienone is 3. The lowest BCUT2D eigenvalue weighted by atomic mass is 10.2. The second-order valence-corrected chi connectivity index (χ2v) is 2.61. The molecular weight excluding hydrogens is 188 g/mol. The summed E-state index contributed by atoms with van der Waals surface area (Å²) in [6, 6.07) is 0. The van der Waals surface area contributed by atoms with E-state index in [1.807, 2.05) is 26.0 Å². The summed E-state index contributed by atoms with van der Waals surface area (Å²) in [5.74, 6) is 0. The molecule has 0 N–H and O–H groups in total. The zero-order valence-corrected chi connectivity index (χ0v) is 10.3. The van der Waals surface area contributed by atoms with Gasteiger partial charge < -0.3 is 9.47 Å². The highest BCUT2D eigenvalue weighted by Gasteiger charge is 1.90. The molecule has 0 aromatic heterocycles. The van der Waals surface area contributed by atoms with Gasteiger partial charge in [-0.2, -0.15) is 0 Å². The van der Waals surface area contributed by atoms with Crippen LogP contribution in [0.3, 0.4) is 0 Å². The van der Waals surface area contributed by atoms with Gasteiger partial charge in [-0.1, -0.05) is 50.8 Å². The van der Waals surface area contributed by atoms with Crippen LogP contribution in [0.2, 0.25) is 0 Å². The number of ether oxygens (including phenoxy) is 2. The van der Waals surface area contributed by atoms with Crippen molar-refractivity contribution in [1.29, 1.82) is 0 Å². The summed E-state index contributed by atoms with van der Waals surface area (Å²) >= 11 is 0. The highest BCUT2D eigenvalue weighted by molar-refractivity contribution is 5.17. The maximum absolute atomic E-state index is 5.28. The molecule has 2 heteroatoms. The van der Waals surface area contributed by atoms with E-state index in [2.05, 4.69) is 13.2 Å². The van der Waals surface area contributed by atoms with Gasteiger partial charge in [-0.3, -0.25) is 0 Å². The highest BCUT2D eigenvalue weighted by Crippen LogP contribution is 1.99. The lowest BCUT2D eigenvalue weighted by molar-refractivity contribution is 0.0725. The monoisotopic (exact) mass is 212 g/mol. The Hall–Kier alpha value is -0.860. The quantitative estimate of drug-likeness (QED) is 0.453. The Labute approximate surface area is 94.3 Å². The third-order valence-electron chi connectivity index (χ3n) is 1.47. The van der Waals surface area contributed by atoms with Crippen LogP contribution in [0, 0.1) is 0 Å². The molecule has 0 fully saturated rings. The lowest BCUT2D eigenvalue weighted by Crippen LogP contribution is -2.03. The van der Waals surface area contributed by atoms with Gasteiger partial charge in [0.1, 0.15) is 0 Å². The summed E-state index contributed by atoms with van der Waals surface area (Å²) in [6.45, 7) is 13.4. The Kier molecular flexibility index (Phi) is 17.2. The van der Waals surface area contributed by atoms with Crippen molar-refractivity contribution < 1.29 is 9.47 Å². The maximum Gasteiger partial charge on any atom is 0.0700 e. The van der Waals surface area contributed by atoms with Crippen molar-refractivity contribution >= 4 is 0 Å². The Balaban J connectivity index is 0. The first-order chi connectivity index (χ1) is 7.31. The zero-order chi connectivity index (χ0) is 11.9. The lowest BCUT2D eigenvalue weighted by Gasteiger charge is -2.02. The molecule has 0 rings (SSSR count). The number of rotatable bonds is 8. The minimum atomic E-state index is 0.648. The van der Waals surface area contributed by atoms with E-state index in [4.69, 9.17) is 9.47 Å². The fourth-order valence-corrected chi connectivity index (χ4v) is 0.735. The van der Waals surface area contributed by atoms with Crippen LogP contribution in [0.15, 0.2) is 37.0 Å².